The molecule has 8 nitrogen and oxygen atoms in total. The lowest BCUT2D eigenvalue weighted by atomic mass is 9.72. The van der Waals surface area contributed by atoms with E-state index < -0.39 is 23.8 Å². The van der Waals surface area contributed by atoms with Crippen LogP contribution in [0.15, 0.2) is 40.7 Å². The molecule has 3 rings (SSSR count). The van der Waals surface area contributed by atoms with E-state index in [1.807, 2.05) is 0 Å². The molecule has 38 heavy (non-hydrogen) atoms. The van der Waals surface area contributed by atoms with E-state index in [1.54, 1.807) is 19.1 Å². The number of esters is 3. The Bertz CT molecular complexity index is 1090. The number of hydrogen-bond acceptors (Lipinski definition) is 8. The predicted molar refractivity (Wildman–Crippen MR) is 139 cm³/mol. The van der Waals surface area contributed by atoms with Gasteiger partial charge in [-0.25, -0.2) is 14.0 Å². The van der Waals surface area contributed by atoms with Crippen molar-refractivity contribution < 1.29 is 37.7 Å². The fourth-order valence-corrected chi connectivity index (χ4v) is 4.80. The first-order valence-electron chi connectivity index (χ1n) is 13.3. The SMILES string of the molecule is CCCCOCCCOC(=O)C1=C(COC(C)=O)NC(C)=C(C(=O)OC)C1c1cccc(F)c1C1CCC1. The van der Waals surface area contributed by atoms with E-state index in [1.165, 1.54) is 20.1 Å². The minimum absolute atomic E-state index is 0.0188. The molecule has 0 saturated heterocycles. The average Bonchev–Trinajstić information content (AvgIpc) is 2.86. The van der Waals surface area contributed by atoms with E-state index in [-0.39, 0.29) is 41.8 Å². The Kier molecular flexibility index (Phi) is 10.9. The first-order chi connectivity index (χ1) is 18.3. The molecule has 0 radical (unpaired) electrons. The number of carbonyl (C=O) groups excluding carboxylic acids is 3. The number of rotatable bonds is 13. The molecule has 0 amide bonds. The van der Waals surface area contributed by atoms with Crippen LogP contribution in [-0.2, 0) is 33.3 Å². The van der Waals surface area contributed by atoms with Gasteiger partial charge >= 0.3 is 17.9 Å². The third-order valence-corrected chi connectivity index (χ3v) is 6.91. The molecule has 1 aliphatic heterocycles. The summed E-state index contributed by atoms with van der Waals surface area (Å²) in [6.45, 7) is 5.95. The van der Waals surface area contributed by atoms with Crippen LogP contribution in [-0.4, -0.2) is 51.4 Å². The fraction of sp³-hybridized carbons (Fsp3) is 0.552. The van der Waals surface area contributed by atoms with Crippen molar-refractivity contribution in [2.24, 2.45) is 0 Å². The maximum Gasteiger partial charge on any atom is 0.336 e. The Balaban J connectivity index is 2.03. The Labute approximate surface area is 223 Å². The van der Waals surface area contributed by atoms with Crippen molar-refractivity contribution in [2.45, 2.75) is 71.1 Å². The van der Waals surface area contributed by atoms with Crippen molar-refractivity contribution in [3.63, 3.8) is 0 Å². The lowest BCUT2D eigenvalue weighted by molar-refractivity contribution is -0.142. The van der Waals surface area contributed by atoms with E-state index in [0.29, 0.717) is 36.5 Å². The summed E-state index contributed by atoms with van der Waals surface area (Å²) in [5.41, 5.74) is 1.97. The van der Waals surface area contributed by atoms with E-state index in [2.05, 4.69) is 12.2 Å². The van der Waals surface area contributed by atoms with Gasteiger partial charge in [-0.1, -0.05) is 31.9 Å². The summed E-state index contributed by atoms with van der Waals surface area (Å²) in [5, 5.41) is 3.05. The molecular formula is C29H38FNO7. The van der Waals surface area contributed by atoms with Gasteiger partial charge in [-0.05, 0) is 49.3 Å². The predicted octanol–water partition coefficient (Wildman–Crippen LogP) is 4.79. The quantitative estimate of drug-likeness (QED) is 0.220. The van der Waals surface area contributed by atoms with Gasteiger partial charge in [0, 0.05) is 32.3 Å². The number of ether oxygens (including phenoxy) is 4. The van der Waals surface area contributed by atoms with Crippen LogP contribution in [0, 0.1) is 5.82 Å². The lowest BCUT2D eigenvalue weighted by Gasteiger charge is -2.35. The van der Waals surface area contributed by atoms with Gasteiger partial charge in [0.15, 0.2) is 0 Å². The highest BCUT2D eigenvalue weighted by molar-refractivity contribution is 6.00. The minimum Gasteiger partial charge on any atom is -0.466 e. The van der Waals surface area contributed by atoms with E-state index in [9.17, 15) is 14.4 Å². The van der Waals surface area contributed by atoms with Crippen LogP contribution in [0.5, 0.6) is 0 Å². The van der Waals surface area contributed by atoms with Crippen LogP contribution >= 0.6 is 0 Å². The van der Waals surface area contributed by atoms with E-state index in [0.717, 1.165) is 32.1 Å². The summed E-state index contributed by atoms with van der Waals surface area (Å²) in [6.07, 6.45) is 5.09. The van der Waals surface area contributed by atoms with Gasteiger partial charge < -0.3 is 24.3 Å². The Morgan fingerprint density at radius 1 is 1.03 bits per heavy atom. The molecule has 1 unspecified atom stereocenters. The topological polar surface area (TPSA) is 100 Å². The molecule has 1 aromatic carbocycles. The molecular weight excluding hydrogens is 493 g/mol. The normalized spacial score (nSPS) is 17.6. The maximum atomic E-state index is 15.3. The number of dihydropyridines is 1. The molecule has 1 saturated carbocycles. The number of unbranched alkanes of at least 4 members (excludes halogenated alkanes) is 1. The summed E-state index contributed by atoms with van der Waals surface area (Å²) in [7, 11) is 1.26. The molecule has 1 aliphatic carbocycles. The summed E-state index contributed by atoms with van der Waals surface area (Å²) < 4.78 is 36.8. The van der Waals surface area contributed by atoms with Gasteiger partial charge in [-0.2, -0.15) is 0 Å². The fourth-order valence-electron chi connectivity index (χ4n) is 4.80. The van der Waals surface area contributed by atoms with Crippen LogP contribution in [0.4, 0.5) is 4.39 Å². The van der Waals surface area contributed by atoms with Crippen LogP contribution < -0.4 is 5.32 Å². The zero-order valence-electron chi connectivity index (χ0n) is 22.7. The Morgan fingerprint density at radius 3 is 2.39 bits per heavy atom. The van der Waals surface area contributed by atoms with Gasteiger partial charge in [0.1, 0.15) is 12.4 Å². The molecule has 1 atom stereocenters. The molecule has 2 aliphatic rings. The number of carbonyl (C=O) groups is 3. The summed E-state index contributed by atoms with van der Waals surface area (Å²) in [4.78, 5) is 38.3. The van der Waals surface area contributed by atoms with Crippen molar-refractivity contribution in [1.29, 1.82) is 0 Å². The van der Waals surface area contributed by atoms with Gasteiger partial charge in [-0.15, -0.1) is 0 Å². The van der Waals surface area contributed by atoms with Gasteiger partial charge in [0.05, 0.1) is 36.5 Å². The second-order valence-electron chi connectivity index (χ2n) is 9.59. The van der Waals surface area contributed by atoms with Crippen LogP contribution in [0.1, 0.15) is 82.3 Å². The van der Waals surface area contributed by atoms with E-state index in [4.69, 9.17) is 18.9 Å². The Hall–Kier alpha value is -3.20. The first-order valence-corrected chi connectivity index (χ1v) is 13.3. The maximum absolute atomic E-state index is 15.3. The number of halogens is 1. The molecule has 208 valence electrons. The highest BCUT2D eigenvalue weighted by Crippen LogP contribution is 2.46. The minimum atomic E-state index is -0.964. The van der Waals surface area contributed by atoms with Crippen LogP contribution in [0.3, 0.4) is 0 Å². The van der Waals surface area contributed by atoms with Gasteiger partial charge in [0.2, 0.25) is 0 Å². The largest absolute Gasteiger partial charge is 0.466 e. The summed E-state index contributed by atoms with van der Waals surface area (Å²) >= 11 is 0. The number of allylic oxidation sites excluding steroid dienone is 1. The average molecular weight is 532 g/mol. The summed E-state index contributed by atoms with van der Waals surface area (Å²) in [6, 6.07) is 4.70. The van der Waals surface area contributed by atoms with Crippen molar-refractivity contribution in [3.8, 4) is 0 Å². The Morgan fingerprint density at radius 2 is 1.76 bits per heavy atom. The zero-order valence-corrected chi connectivity index (χ0v) is 22.7. The van der Waals surface area contributed by atoms with E-state index >= 15 is 4.39 Å². The molecule has 1 aromatic rings. The highest BCUT2D eigenvalue weighted by atomic mass is 19.1. The number of methoxy groups -OCH3 is 1. The molecule has 0 spiro atoms. The smallest absolute Gasteiger partial charge is 0.336 e. The lowest BCUT2D eigenvalue weighted by Crippen LogP contribution is -2.35. The third kappa shape index (κ3) is 7.01. The number of benzene rings is 1. The van der Waals surface area contributed by atoms with Crippen LogP contribution in [0.25, 0.3) is 0 Å². The van der Waals surface area contributed by atoms with Crippen molar-refractivity contribution >= 4 is 17.9 Å². The molecule has 0 aromatic heterocycles. The number of nitrogens with one attached hydrogen (secondary N) is 1. The summed E-state index contributed by atoms with van der Waals surface area (Å²) in [5.74, 6) is -3.23. The second kappa shape index (κ2) is 14.1. The van der Waals surface area contributed by atoms with Crippen LogP contribution in [0.2, 0.25) is 0 Å². The third-order valence-electron chi connectivity index (χ3n) is 6.91. The molecule has 1 heterocycles. The first kappa shape index (κ1) is 29.4. The molecule has 0 bridgehead atoms. The zero-order chi connectivity index (χ0) is 27.7. The van der Waals surface area contributed by atoms with Crippen molar-refractivity contribution in [1.82, 2.24) is 5.32 Å². The molecule has 1 fully saturated rings. The van der Waals surface area contributed by atoms with Gasteiger partial charge in [-0.3, -0.25) is 4.79 Å². The van der Waals surface area contributed by atoms with Crippen molar-refractivity contribution in [3.05, 3.63) is 57.7 Å². The number of hydrogen-bond donors (Lipinski definition) is 1. The highest BCUT2D eigenvalue weighted by Gasteiger charge is 2.41. The monoisotopic (exact) mass is 531 g/mol. The molecule has 9 heteroatoms. The van der Waals surface area contributed by atoms with Gasteiger partial charge in [0.25, 0.3) is 0 Å². The molecule has 1 N–H and O–H groups in total. The van der Waals surface area contributed by atoms with Crippen molar-refractivity contribution in [2.75, 3.05) is 33.5 Å². The standard InChI is InChI=1S/C29H38FNO7/c1-5-6-14-36-15-9-16-37-29(34)27-23(17-38-19(3)32)31-18(2)24(28(33)35-4)26(27)21-12-8-13-22(30)25(21)20-10-7-11-20/h8,12-13,20,26,31H,5-7,9-11,14-17H2,1-4H3. The second-order valence-corrected chi connectivity index (χ2v) is 9.59.